The Kier molecular flexibility index (Phi) is 4.84. The van der Waals surface area contributed by atoms with E-state index in [1.807, 2.05) is 0 Å². The standard InChI is InChI=1S/C11H12F3NO5S/c1-6-4-7(2-3-8(6)15)10(16)20-9(11(12,13)14)5-21(17,18)19/h2-4,9H,5,15H2,1H3,(H,17,18,19). The Morgan fingerprint density at radius 1 is 1.43 bits per heavy atom. The molecule has 0 aliphatic heterocycles. The number of ether oxygens (including phenoxy) is 1. The number of esters is 1. The van der Waals surface area contributed by atoms with Crippen molar-refractivity contribution in [3.05, 3.63) is 29.3 Å². The lowest BCUT2D eigenvalue weighted by Gasteiger charge is -2.19. The van der Waals surface area contributed by atoms with E-state index in [1.165, 1.54) is 19.1 Å². The summed E-state index contributed by atoms with van der Waals surface area (Å²) < 4.78 is 71.5. The van der Waals surface area contributed by atoms with Crippen LogP contribution in [-0.4, -0.2) is 37.0 Å². The minimum absolute atomic E-state index is 0.216. The number of nitrogen functional groups attached to an aromatic ring is 1. The molecular weight excluding hydrogens is 315 g/mol. The fourth-order valence-corrected chi connectivity index (χ4v) is 2.03. The van der Waals surface area contributed by atoms with Crippen LogP contribution in [-0.2, 0) is 14.9 Å². The summed E-state index contributed by atoms with van der Waals surface area (Å²) in [6.07, 6.45) is -8.09. The number of alkyl halides is 3. The number of hydrogen-bond acceptors (Lipinski definition) is 5. The number of rotatable bonds is 4. The van der Waals surface area contributed by atoms with Crippen LogP contribution in [0.3, 0.4) is 0 Å². The molecule has 0 fully saturated rings. The number of nitrogens with two attached hydrogens (primary N) is 1. The maximum absolute atomic E-state index is 12.6. The van der Waals surface area contributed by atoms with Crippen molar-refractivity contribution in [1.29, 1.82) is 0 Å². The Morgan fingerprint density at radius 3 is 2.43 bits per heavy atom. The van der Waals surface area contributed by atoms with Crippen LogP contribution in [0.5, 0.6) is 0 Å². The van der Waals surface area contributed by atoms with Crippen molar-refractivity contribution in [3.8, 4) is 0 Å². The van der Waals surface area contributed by atoms with Crippen LogP contribution in [0.15, 0.2) is 18.2 Å². The van der Waals surface area contributed by atoms with Crippen LogP contribution in [0.2, 0.25) is 0 Å². The van der Waals surface area contributed by atoms with E-state index in [9.17, 15) is 26.4 Å². The van der Waals surface area contributed by atoms with E-state index in [4.69, 9.17) is 10.3 Å². The van der Waals surface area contributed by atoms with Gasteiger partial charge in [-0.2, -0.15) is 21.6 Å². The predicted molar refractivity (Wildman–Crippen MR) is 67.3 cm³/mol. The molecule has 0 aliphatic carbocycles. The summed E-state index contributed by atoms with van der Waals surface area (Å²) in [6, 6.07) is 3.65. The second kappa shape index (κ2) is 5.90. The number of carbonyl (C=O) groups is 1. The van der Waals surface area contributed by atoms with Gasteiger partial charge in [-0.05, 0) is 30.7 Å². The Morgan fingerprint density at radius 2 is 2.00 bits per heavy atom. The van der Waals surface area contributed by atoms with Crippen LogP contribution >= 0.6 is 0 Å². The highest BCUT2D eigenvalue weighted by Gasteiger charge is 2.45. The number of carbonyl (C=O) groups excluding carboxylic acids is 1. The second-order valence-electron chi connectivity index (χ2n) is 4.26. The van der Waals surface area contributed by atoms with Gasteiger partial charge in [0, 0.05) is 5.69 Å². The zero-order chi connectivity index (χ0) is 16.4. The summed E-state index contributed by atoms with van der Waals surface area (Å²) in [5, 5.41) is 0. The van der Waals surface area contributed by atoms with Crippen molar-refractivity contribution in [1.82, 2.24) is 0 Å². The summed E-state index contributed by atoms with van der Waals surface area (Å²) in [4.78, 5) is 11.6. The van der Waals surface area contributed by atoms with E-state index in [0.29, 0.717) is 11.3 Å². The first-order valence-electron chi connectivity index (χ1n) is 5.49. The smallest absolute Gasteiger partial charge is 0.426 e. The van der Waals surface area contributed by atoms with E-state index in [-0.39, 0.29) is 5.56 Å². The van der Waals surface area contributed by atoms with Gasteiger partial charge in [-0.15, -0.1) is 0 Å². The van der Waals surface area contributed by atoms with Crippen LogP contribution < -0.4 is 5.73 Å². The fraction of sp³-hybridized carbons (Fsp3) is 0.364. The average molecular weight is 327 g/mol. The van der Waals surface area contributed by atoms with Gasteiger partial charge in [0.15, 0.2) is 0 Å². The maximum Gasteiger partial charge on any atom is 0.426 e. The summed E-state index contributed by atoms with van der Waals surface area (Å²) in [6.45, 7) is 1.53. The third-order valence-corrected chi connectivity index (χ3v) is 3.21. The highest BCUT2D eigenvalue weighted by molar-refractivity contribution is 7.85. The molecule has 1 atom stereocenters. The van der Waals surface area contributed by atoms with Crippen LogP contribution in [0.4, 0.5) is 18.9 Å². The third kappa shape index (κ3) is 5.23. The molecule has 0 heterocycles. The molecule has 1 rings (SSSR count). The first-order chi connectivity index (χ1) is 9.40. The largest absolute Gasteiger partial charge is 0.448 e. The molecule has 118 valence electrons. The van der Waals surface area contributed by atoms with Crippen LogP contribution in [0.1, 0.15) is 15.9 Å². The second-order valence-corrected chi connectivity index (χ2v) is 5.75. The SMILES string of the molecule is Cc1cc(C(=O)OC(CS(=O)(=O)O)C(F)(F)F)ccc1N. The average Bonchev–Trinajstić information content (AvgIpc) is 2.28. The zero-order valence-electron chi connectivity index (χ0n) is 10.7. The molecule has 0 saturated heterocycles. The summed E-state index contributed by atoms with van der Waals surface area (Å²) >= 11 is 0. The molecule has 0 aliphatic rings. The van der Waals surface area contributed by atoms with Crippen molar-refractivity contribution >= 4 is 21.8 Å². The fourth-order valence-electron chi connectivity index (χ4n) is 1.39. The molecule has 0 aromatic heterocycles. The molecule has 0 amide bonds. The van der Waals surface area contributed by atoms with Gasteiger partial charge >= 0.3 is 12.1 Å². The predicted octanol–water partition coefficient (Wildman–Crippen LogP) is 1.55. The van der Waals surface area contributed by atoms with Gasteiger partial charge in [-0.3, -0.25) is 4.55 Å². The van der Waals surface area contributed by atoms with E-state index < -0.39 is 34.1 Å². The third-order valence-electron chi connectivity index (χ3n) is 2.48. The lowest BCUT2D eigenvalue weighted by atomic mass is 10.1. The maximum atomic E-state index is 12.6. The van der Waals surface area contributed by atoms with Gasteiger partial charge in [0.1, 0.15) is 5.75 Å². The molecule has 6 nitrogen and oxygen atoms in total. The molecule has 1 aromatic carbocycles. The Hall–Kier alpha value is -1.81. The van der Waals surface area contributed by atoms with E-state index >= 15 is 0 Å². The molecule has 21 heavy (non-hydrogen) atoms. The summed E-state index contributed by atoms with van der Waals surface area (Å²) in [5.74, 6) is -3.14. The van der Waals surface area contributed by atoms with Gasteiger partial charge in [-0.1, -0.05) is 0 Å². The lowest BCUT2D eigenvalue weighted by molar-refractivity contribution is -0.197. The zero-order valence-corrected chi connectivity index (χ0v) is 11.5. The van der Waals surface area contributed by atoms with Gasteiger partial charge < -0.3 is 10.5 Å². The van der Waals surface area contributed by atoms with Crippen molar-refractivity contribution in [2.45, 2.75) is 19.2 Å². The molecule has 0 saturated carbocycles. The molecule has 10 heteroatoms. The van der Waals surface area contributed by atoms with Gasteiger partial charge in [0.05, 0.1) is 5.56 Å². The lowest BCUT2D eigenvalue weighted by Crippen LogP contribution is -2.39. The molecule has 0 bridgehead atoms. The molecule has 0 spiro atoms. The molecule has 1 aromatic rings. The minimum atomic E-state index is -5.13. The Bertz CT molecular complexity index is 642. The van der Waals surface area contributed by atoms with Crippen molar-refractivity contribution in [3.63, 3.8) is 0 Å². The number of aryl methyl sites for hydroxylation is 1. The summed E-state index contributed by atoms with van der Waals surface area (Å²) in [7, 11) is -4.97. The van der Waals surface area contributed by atoms with Crippen LogP contribution in [0, 0.1) is 6.92 Å². The van der Waals surface area contributed by atoms with Gasteiger partial charge in [0.2, 0.25) is 6.10 Å². The Balaban J connectivity index is 2.98. The van der Waals surface area contributed by atoms with Gasteiger partial charge in [-0.25, -0.2) is 4.79 Å². The minimum Gasteiger partial charge on any atom is -0.448 e. The van der Waals surface area contributed by atoms with E-state index in [1.54, 1.807) is 0 Å². The van der Waals surface area contributed by atoms with Crippen LogP contribution in [0.25, 0.3) is 0 Å². The topological polar surface area (TPSA) is 107 Å². The number of benzene rings is 1. The number of halogens is 3. The quantitative estimate of drug-likeness (QED) is 0.494. The number of anilines is 1. The van der Waals surface area contributed by atoms with E-state index in [0.717, 1.165) is 6.07 Å². The molecule has 0 radical (unpaired) electrons. The first kappa shape index (κ1) is 17.2. The van der Waals surface area contributed by atoms with Crippen molar-refractivity contribution < 1.29 is 35.7 Å². The first-order valence-corrected chi connectivity index (χ1v) is 7.10. The molecule has 3 N–H and O–H groups in total. The monoisotopic (exact) mass is 327 g/mol. The Labute approximate surface area is 118 Å². The van der Waals surface area contributed by atoms with E-state index in [2.05, 4.69) is 4.74 Å². The molecular formula is C11H12F3NO5S. The van der Waals surface area contributed by atoms with Gasteiger partial charge in [0.25, 0.3) is 10.1 Å². The number of hydrogen-bond donors (Lipinski definition) is 2. The highest BCUT2D eigenvalue weighted by atomic mass is 32.2. The van der Waals surface area contributed by atoms with Crippen molar-refractivity contribution in [2.24, 2.45) is 0 Å². The highest BCUT2D eigenvalue weighted by Crippen LogP contribution is 2.25. The molecule has 1 unspecified atom stereocenters. The normalized spacial score (nSPS) is 13.8. The van der Waals surface area contributed by atoms with Crippen molar-refractivity contribution in [2.75, 3.05) is 11.5 Å². The summed E-state index contributed by atoms with van der Waals surface area (Å²) in [5.41, 5.74) is 6.06.